The smallest absolute Gasteiger partial charge is 0.0586 e. The quantitative estimate of drug-likeness (QED) is 0.805. The van der Waals surface area contributed by atoms with Crippen LogP contribution in [0.5, 0.6) is 0 Å². The number of nitrogens with zero attached hydrogens (tertiary/aromatic N) is 1. The van der Waals surface area contributed by atoms with E-state index in [0.29, 0.717) is 12.6 Å². The molecule has 0 saturated carbocycles. The van der Waals surface area contributed by atoms with Crippen molar-refractivity contribution in [1.29, 1.82) is 0 Å². The molecule has 0 spiro atoms. The lowest BCUT2D eigenvalue weighted by Crippen LogP contribution is -2.41. The fourth-order valence-electron chi connectivity index (χ4n) is 2.56. The number of hydrogen-bond donors (Lipinski definition) is 2. The van der Waals surface area contributed by atoms with Crippen molar-refractivity contribution in [2.24, 2.45) is 5.73 Å². The molecule has 102 valence electrons. The second-order valence-corrected chi connectivity index (χ2v) is 5.01. The zero-order chi connectivity index (χ0) is 13.5. The lowest BCUT2D eigenvalue weighted by molar-refractivity contribution is 0.0841. The number of aliphatic hydroxyl groups is 1. The van der Waals surface area contributed by atoms with E-state index in [0.717, 1.165) is 25.1 Å². The van der Waals surface area contributed by atoms with Crippen LogP contribution in [0.3, 0.4) is 0 Å². The Morgan fingerprint density at radius 1 is 1.26 bits per heavy atom. The molecule has 1 atom stereocenters. The predicted molar refractivity (Wildman–Crippen MR) is 77.5 cm³/mol. The van der Waals surface area contributed by atoms with Crippen LogP contribution in [-0.2, 0) is 6.54 Å². The summed E-state index contributed by atoms with van der Waals surface area (Å²) in [5.74, 6) is 5.88. The molecule has 0 bridgehead atoms. The van der Waals surface area contributed by atoms with Gasteiger partial charge in [0.1, 0.15) is 0 Å². The summed E-state index contributed by atoms with van der Waals surface area (Å²) in [6, 6.07) is 8.63. The maximum absolute atomic E-state index is 9.41. The molecular formula is C16H22N2O. The fraction of sp³-hybridized carbons (Fsp3) is 0.500. The summed E-state index contributed by atoms with van der Waals surface area (Å²) in [5, 5.41) is 9.41. The highest BCUT2D eigenvalue weighted by molar-refractivity contribution is 5.36. The summed E-state index contributed by atoms with van der Waals surface area (Å²) in [4.78, 5) is 2.38. The summed E-state index contributed by atoms with van der Waals surface area (Å²) in [6.07, 6.45) is 3.57. The van der Waals surface area contributed by atoms with Crippen LogP contribution in [0.1, 0.15) is 30.4 Å². The van der Waals surface area contributed by atoms with Crippen molar-refractivity contribution < 1.29 is 5.11 Å². The van der Waals surface area contributed by atoms with Crippen molar-refractivity contribution in [3.8, 4) is 11.8 Å². The van der Waals surface area contributed by atoms with E-state index in [-0.39, 0.29) is 6.61 Å². The van der Waals surface area contributed by atoms with E-state index in [1.54, 1.807) is 0 Å². The summed E-state index contributed by atoms with van der Waals surface area (Å²) < 4.78 is 0. The van der Waals surface area contributed by atoms with Gasteiger partial charge < -0.3 is 10.8 Å². The summed E-state index contributed by atoms with van der Waals surface area (Å²) in [5.41, 5.74) is 7.64. The number of rotatable bonds is 3. The van der Waals surface area contributed by atoms with Crippen LogP contribution in [0.4, 0.5) is 0 Å². The molecule has 1 saturated heterocycles. The molecule has 1 aliphatic rings. The van der Waals surface area contributed by atoms with E-state index in [9.17, 15) is 5.11 Å². The molecule has 0 aromatic heterocycles. The van der Waals surface area contributed by atoms with Crippen molar-refractivity contribution in [3.63, 3.8) is 0 Å². The highest BCUT2D eigenvalue weighted by Crippen LogP contribution is 2.19. The van der Waals surface area contributed by atoms with E-state index < -0.39 is 0 Å². The first-order valence-corrected chi connectivity index (χ1v) is 6.96. The Kier molecular flexibility index (Phi) is 5.41. The van der Waals surface area contributed by atoms with Crippen molar-refractivity contribution >= 4 is 0 Å². The summed E-state index contributed by atoms with van der Waals surface area (Å²) >= 11 is 0. The monoisotopic (exact) mass is 258 g/mol. The lowest BCUT2D eigenvalue weighted by atomic mass is 10.0. The van der Waals surface area contributed by atoms with Gasteiger partial charge in [0.15, 0.2) is 0 Å². The van der Waals surface area contributed by atoms with Crippen molar-refractivity contribution in [3.05, 3.63) is 35.4 Å². The first-order chi connectivity index (χ1) is 9.33. The van der Waals surface area contributed by atoms with Crippen LogP contribution >= 0.6 is 0 Å². The molecule has 1 aliphatic heterocycles. The maximum Gasteiger partial charge on any atom is 0.0586 e. The molecule has 19 heavy (non-hydrogen) atoms. The Balaban J connectivity index is 1.98. The summed E-state index contributed by atoms with van der Waals surface area (Å²) in [6.45, 7) is 2.66. The second-order valence-electron chi connectivity index (χ2n) is 5.01. The minimum atomic E-state index is 0.264. The van der Waals surface area contributed by atoms with Crippen LogP contribution in [0.25, 0.3) is 0 Å². The third kappa shape index (κ3) is 4.07. The molecule has 0 aliphatic carbocycles. The number of piperidine rings is 1. The third-order valence-electron chi connectivity index (χ3n) is 3.63. The molecule has 3 heteroatoms. The number of likely N-dealkylation sites (tertiary alicyclic amines) is 1. The molecule has 1 aromatic rings. The average Bonchev–Trinajstić information content (AvgIpc) is 2.47. The van der Waals surface area contributed by atoms with Crippen molar-refractivity contribution in [2.75, 3.05) is 19.7 Å². The topological polar surface area (TPSA) is 49.5 Å². The molecule has 1 aromatic carbocycles. The van der Waals surface area contributed by atoms with Gasteiger partial charge in [0.05, 0.1) is 13.2 Å². The summed E-state index contributed by atoms with van der Waals surface area (Å²) in [7, 11) is 0. The lowest BCUT2D eigenvalue weighted by Gasteiger charge is -2.34. The van der Waals surface area contributed by atoms with Gasteiger partial charge in [-0.1, -0.05) is 30.4 Å². The average molecular weight is 258 g/mol. The van der Waals surface area contributed by atoms with Gasteiger partial charge in [0, 0.05) is 18.2 Å². The number of nitrogens with two attached hydrogens (primary N) is 1. The van der Waals surface area contributed by atoms with Gasteiger partial charge in [0.2, 0.25) is 0 Å². The largest absolute Gasteiger partial charge is 0.395 e. The first kappa shape index (κ1) is 14.1. The maximum atomic E-state index is 9.41. The highest BCUT2D eigenvalue weighted by atomic mass is 16.3. The van der Waals surface area contributed by atoms with Gasteiger partial charge in [-0.15, -0.1) is 0 Å². The SMILES string of the molecule is NCC#Cc1ccc(CN2CCCCC2CO)cc1. The Labute approximate surface area is 115 Å². The zero-order valence-corrected chi connectivity index (χ0v) is 11.3. The highest BCUT2D eigenvalue weighted by Gasteiger charge is 2.21. The van der Waals surface area contributed by atoms with Crippen LogP contribution in [-0.4, -0.2) is 35.7 Å². The van der Waals surface area contributed by atoms with Gasteiger partial charge in [-0.25, -0.2) is 0 Å². The molecule has 0 amide bonds. The molecule has 1 fully saturated rings. The van der Waals surface area contributed by atoms with Crippen LogP contribution in [0.2, 0.25) is 0 Å². The van der Waals surface area contributed by atoms with Gasteiger partial charge in [-0.2, -0.15) is 0 Å². The Morgan fingerprint density at radius 3 is 2.74 bits per heavy atom. The van der Waals surface area contributed by atoms with E-state index in [1.165, 1.54) is 18.4 Å². The number of hydrogen-bond acceptors (Lipinski definition) is 3. The van der Waals surface area contributed by atoms with Crippen molar-refractivity contribution in [1.82, 2.24) is 4.90 Å². The van der Waals surface area contributed by atoms with Crippen molar-refractivity contribution in [2.45, 2.75) is 31.8 Å². The molecule has 1 heterocycles. The van der Waals surface area contributed by atoms with E-state index in [1.807, 2.05) is 12.1 Å². The van der Waals surface area contributed by atoms with Gasteiger partial charge >= 0.3 is 0 Å². The molecule has 3 nitrogen and oxygen atoms in total. The normalized spacial score (nSPS) is 19.8. The van der Waals surface area contributed by atoms with Gasteiger partial charge in [-0.3, -0.25) is 4.90 Å². The van der Waals surface area contributed by atoms with Crippen LogP contribution < -0.4 is 5.73 Å². The minimum absolute atomic E-state index is 0.264. The standard InChI is InChI=1S/C16H22N2O/c17-10-3-4-14-6-8-15(9-7-14)12-18-11-2-1-5-16(18)13-19/h6-9,16,19H,1-2,5,10-13,17H2. The van der Waals surface area contributed by atoms with E-state index >= 15 is 0 Å². The molecule has 1 unspecified atom stereocenters. The number of benzene rings is 1. The first-order valence-electron chi connectivity index (χ1n) is 6.96. The van der Waals surface area contributed by atoms with E-state index in [2.05, 4.69) is 28.9 Å². The Bertz CT molecular complexity index is 444. The fourth-order valence-corrected chi connectivity index (χ4v) is 2.56. The Morgan fingerprint density at radius 2 is 2.05 bits per heavy atom. The second kappa shape index (κ2) is 7.30. The molecule has 0 radical (unpaired) electrons. The van der Waals surface area contributed by atoms with Crippen LogP contribution in [0.15, 0.2) is 24.3 Å². The van der Waals surface area contributed by atoms with Gasteiger partial charge in [0.25, 0.3) is 0 Å². The zero-order valence-electron chi connectivity index (χ0n) is 11.3. The Hall–Kier alpha value is -1.34. The van der Waals surface area contributed by atoms with Gasteiger partial charge in [-0.05, 0) is 37.1 Å². The van der Waals surface area contributed by atoms with E-state index in [4.69, 9.17) is 5.73 Å². The minimum Gasteiger partial charge on any atom is -0.395 e. The van der Waals surface area contributed by atoms with Crippen LogP contribution in [0, 0.1) is 11.8 Å². The molecule has 2 rings (SSSR count). The molecular weight excluding hydrogens is 236 g/mol. The number of aliphatic hydroxyl groups excluding tert-OH is 1. The molecule has 3 N–H and O–H groups in total. The third-order valence-corrected chi connectivity index (χ3v) is 3.63. The predicted octanol–water partition coefficient (Wildman–Crippen LogP) is 1.34.